The molecule has 0 saturated heterocycles. The van der Waals surface area contributed by atoms with E-state index >= 15 is 0 Å². The summed E-state index contributed by atoms with van der Waals surface area (Å²) in [5, 5.41) is 20.3. The molecule has 0 radical (unpaired) electrons. The van der Waals surface area contributed by atoms with Crippen molar-refractivity contribution in [1.82, 2.24) is 9.97 Å². The first-order valence-corrected chi connectivity index (χ1v) is 9.85. The summed E-state index contributed by atoms with van der Waals surface area (Å²) in [5.74, 6) is 0.700. The Kier molecular flexibility index (Phi) is 4.91. The van der Waals surface area contributed by atoms with Crippen molar-refractivity contribution in [1.29, 1.82) is 10.5 Å². The van der Waals surface area contributed by atoms with Gasteiger partial charge < -0.3 is 4.74 Å². The predicted octanol–water partition coefficient (Wildman–Crippen LogP) is 4.41. The SMILES string of the molecule is COc1nc2cc(C(C)(C#N)Cc3cccc(C#N)n3)ccc2c2c1CCCC2. The van der Waals surface area contributed by atoms with Gasteiger partial charge >= 0.3 is 0 Å². The van der Waals surface area contributed by atoms with Gasteiger partial charge in [0, 0.05) is 23.1 Å². The summed E-state index contributed by atoms with van der Waals surface area (Å²) < 4.78 is 5.58. The van der Waals surface area contributed by atoms with E-state index in [-0.39, 0.29) is 0 Å². The van der Waals surface area contributed by atoms with Gasteiger partial charge in [-0.2, -0.15) is 10.5 Å². The van der Waals surface area contributed by atoms with Crippen LogP contribution in [-0.2, 0) is 24.7 Å². The van der Waals surface area contributed by atoms with Crippen molar-refractivity contribution >= 4 is 10.9 Å². The largest absolute Gasteiger partial charge is 0.481 e. The van der Waals surface area contributed by atoms with E-state index in [4.69, 9.17) is 15.0 Å². The van der Waals surface area contributed by atoms with Crippen molar-refractivity contribution in [2.75, 3.05) is 7.11 Å². The van der Waals surface area contributed by atoms with E-state index in [1.165, 1.54) is 17.5 Å². The first kappa shape index (κ1) is 18.9. The Morgan fingerprint density at radius 3 is 2.59 bits per heavy atom. The zero-order chi connectivity index (χ0) is 20.4. The van der Waals surface area contributed by atoms with Crippen molar-refractivity contribution in [2.45, 2.75) is 44.4 Å². The first-order valence-electron chi connectivity index (χ1n) is 9.85. The van der Waals surface area contributed by atoms with Crippen LogP contribution in [0.3, 0.4) is 0 Å². The number of pyridine rings is 2. The summed E-state index contributed by atoms with van der Waals surface area (Å²) in [6, 6.07) is 16.0. The van der Waals surface area contributed by atoms with E-state index < -0.39 is 5.41 Å². The van der Waals surface area contributed by atoms with Crippen molar-refractivity contribution < 1.29 is 4.74 Å². The smallest absolute Gasteiger partial charge is 0.217 e. The van der Waals surface area contributed by atoms with E-state index in [0.717, 1.165) is 41.4 Å². The quantitative estimate of drug-likeness (QED) is 0.667. The molecule has 5 nitrogen and oxygen atoms in total. The third kappa shape index (κ3) is 3.41. The number of hydrogen-bond donors (Lipinski definition) is 0. The Hall–Kier alpha value is -3.44. The van der Waals surface area contributed by atoms with Crippen LogP contribution in [0.1, 0.15) is 47.8 Å². The van der Waals surface area contributed by atoms with Crippen LogP contribution in [0.15, 0.2) is 36.4 Å². The van der Waals surface area contributed by atoms with Crippen LogP contribution in [0.4, 0.5) is 0 Å². The molecule has 0 bridgehead atoms. The van der Waals surface area contributed by atoms with E-state index in [9.17, 15) is 5.26 Å². The number of nitriles is 2. The molecular weight excluding hydrogens is 360 g/mol. The minimum Gasteiger partial charge on any atom is -0.481 e. The fourth-order valence-corrected chi connectivity index (χ4v) is 4.22. The average molecular weight is 382 g/mol. The Balaban J connectivity index is 1.79. The molecule has 0 saturated carbocycles. The second kappa shape index (κ2) is 7.53. The molecule has 0 N–H and O–H groups in total. The Morgan fingerprint density at radius 2 is 1.86 bits per heavy atom. The molecule has 0 spiro atoms. The van der Waals surface area contributed by atoms with Crippen molar-refractivity contribution in [3.8, 4) is 18.0 Å². The topological polar surface area (TPSA) is 82.6 Å². The summed E-state index contributed by atoms with van der Waals surface area (Å²) in [6.45, 7) is 1.91. The molecule has 2 heterocycles. The summed E-state index contributed by atoms with van der Waals surface area (Å²) in [4.78, 5) is 9.11. The maximum Gasteiger partial charge on any atom is 0.217 e. The van der Waals surface area contributed by atoms with E-state index in [1.807, 2.05) is 25.1 Å². The third-order valence-corrected chi connectivity index (χ3v) is 5.80. The number of methoxy groups -OCH3 is 1. The number of nitrogens with zero attached hydrogens (tertiary/aromatic N) is 4. The lowest BCUT2D eigenvalue weighted by atomic mass is 9.79. The lowest BCUT2D eigenvalue weighted by Crippen LogP contribution is -2.23. The van der Waals surface area contributed by atoms with E-state index in [2.05, 4.69) is 23.2 Å². The van der Waals surface area contributed by atoms with Gasteiger partial charge in [0.15, 0.2) is 0 Å². The van der Waals surface area contributed by atoms with E-state index in [0.29, 0.717) is 18.0 Å². The highest BCUT2D eigenvalue weighted by atomic mass is 16.5. The van der Waals surface area contributed by atoms with Crippen molar-refractivity contribution in [2.24, 2.45) is 0 Å². The molecule has 1 aromatic carbocycles. The average Bonchev–Trinajstić information content (AvgIpc) is 2.78. The summed E-state index contributed by atoms with van der Waals surface area (Å²) in [7, 11) is 1.67. The third-order valence-electron chi connectivity index (χ3n) is 5.80. The monoisotopic (exact) mass is 382 g/mol. The molecule has 0 amide bonds. The van der Waals surface area contributed by atoms with Crippen LogP contribution in [0.5, 0.6) is 5.88 Å². The highest BCUT2D eigenvalue weighted by Crippen LogP contribution is 2.36. The number of fused-ring (bicyclic) bond motifs is 3. The molecule has 144 valence electrons. The van der Waals surface area contributed by atoms with Crippen LogP contribution >= 0.6 is 0 Å². The molecule has 4 rings (SSSR count). The number of benzene rings is 1. The van der Waals surface area contributed by atoms with Crippen molar-refractivity contribution in [3.05, 3.63) is 64.5 Å². The minimum atomic E-state index is -0.778. The molecule has 1 unspecified atom stereocenters. The van der Waals surface area contributed by atoms with Crippen LogP contribution < -0.4 is 4.74 Å². The predicted molar refractivity (Wildman–Crippen MR) is 111 cm³/mol. The van der Waals surface area contributed by atoms with Gasteiger partial charge in [-0.3, -0.25) is 0 Å². The zero-order valence-electron chi connectivity index (χ0n) is 16.7. The summed E-state index contributed by atoms with van der Waals surface area (Å²) in [5.41, 5.74) is 4.61. The van der Waals surface area contributed by atoms with Gasteiger partial charge in [-0.15, -0.1) is 0 Å². The van der Waals surface area contributed by atoms with Gasteiger partial charge in [-0.25, -0.2) is 9.97 Å². The maximum atomic E-state index is 10.0. The molecule has 29 heavy (non-hydrogen) atoms. The molecule has 0 fully saturated rings. The van der Waals surface area contributed by atoms with Gasteiger partial charge in [0.25, 0.3) is 0 Å². The van der Waals surface area contributed by atoms with Crippen molar-refractivity contribution in [3.63, 3.8) is 0 Å². The Labute approximate surface area is 170 Å². The molecule has 1 atom stereocenters. The summed E-state index contributed by atoms with van der Waals surface area (Å²) >= 11 is 0. The van der Waals surface area contributed by atoms with Crippen LogP contribution in [0.2, 0.25) is 0 Å². The minimum absolute atomic E-state index is 0.360. The number of aromatic nitrogens is 2. The Bertz CT molecular complexity index is 1170. The highest BCUT2D eigenvalue weighted by molar-refractivity contribution is 5.85. The fourth-order valence-electron chi connectivity index (χ4n) is 4.22. The second-order valence-electron chi connectivity index (χ2n) is 7.76. The van der Waals surface area contributed by atoms with Crippen LogP contribution in [0, 0.1) is 22.7 Å². The normalized spacial score (nSPS) is 15.0. The van der Waals surface area contributed by atoms with Gasteiger partial charge in [-0.05, 0) is 61.9 Å². The molecule has 5 heteroatoms. The first-order chi connectivity index (χ1) is 14.1. The van der Waals surface area contributed by atoms with Gasteiger partial charge in [0.2, 0.25) is 5.88 Å². The molecule has 2 aromatic heterocycles. The lowest BCUT2D eigenvalue weighted by molar-refractivity contribution is 0.391. The van der Waals surface area contributed by atoms with Gasteiger partial charge in [-0.1, -0.05) is 18.2 Å². The molecular formula is C24H22N4O. The molecule has 3 aromatic rings. The number of hydrogen-bond acceptors (Lipinski definition) is 5. The number of rotatable bonds is 4. The second-order valence-corrected chi connectivity index (χ2v) is 7.76. The number of aryl methyl sites for hydroxylation is 1. The lowest BCUT2D eigenvalue weighted by Gasteiger charge is -2.24. The van der Waals surface area contributed by atoms with Crippen LogP contribution in [0.25, 0.3) is 10.9 Å². The number of ether oxygens (including phenoxy) is 1. The molecule has 1 aliphatic carbocycles. The summed E-state index contributed by atoms with van der Waals surface area (Å²) in [6.07, 6.45) is 4.79. The standard InChI is InChI=1S/C24H22N4O/c1-24(15-26,13-17-6-5-7-18(14-25)27-17)16-10-11-20-19-8-3-4-9-21(19)23(29-2)28-22(20)12-16/h5-7,10-12H,3-4,8-9,13H2,1-2H3. The highest BCUT2D eigenvalue weighted by Gasteiger charge is 2.29. The maximum absolute atomic E-state index is 10.0. The van der Waals surface area contributed by atoms with Gasteiger partial charge in [0.05, 0.1) is 24.1 Å². The fraction of sp³-hybridized carbons (Fsp3) is 0.333. The van der Waals surface area contributed by atoms with E-state index in [1.54, 1.807) is 19.2 Å². The van der Waals surface area contributed by atoms with Crippen LogP contribution in [-0.4, -0.2) is 17.1 Å². The molecule has 0 aliphatic heterocycles. The zero-order valence-corrected chi connectivity index (χ0v) is 16.7. The molecule has 1 aliphatic rings. The van der Waals surface area contributed by atoms with Gasteiger partial charge in [0.1, 0.15) is 11.8 Å². The Morgan fingerprint density at radius 1 is 1.07 bits per heavy atom.